The smallest absolute Gasteiger partial charge is 0.315 e. The average Bonchev–Trinajstić information content (AvgIpc) is 2.96. The van der Waals surface area contributed by atoms with Crippen molar-refractivity contribution in [3.63, 3.8) is 0 Å². The molecule has 1 aliphatic carbocycles. The van der Waals surface area contributed by atoms with Crippen molar-refractivity contribution in [3.05, 3.63) is 0 Å². The first-order valence-electron chi connectivity index (χ1n) is 9.02. The van der Waals surface area contributed by atoms with Gasteiger partial charge in [0.05, 0.1) is 5.60 Å². The minimum Gasteiger partial charge on any atom is -0.374 e. The maximum Gasteiger partial charge on any atom is 0.315 e. The second-order valence-electron chi connectivity index (χ2n) is 7.22. The SMILES string of the molecule is O=C(NCCC1CCCCC1)N[C@H]1CCO[C@]2(CCSC2)C1. The van der Waals surface area contributed by atoms with Crippen molar-refractivity contribution < 1.29 is 9.53 Å². The molecule has 3 aliphatic rings. The molecule has 0 radical (unpaired) electrons. The molecule has 126 valence electrons. The van der Waals surface area contributed by atoms with Gasteiger partial charge in [-0.3, -0.25) is 0 Å². The van der Waals surface area contributed by atoms with E-state index in [9.17, 15) is 4.79 Å². The van der Waals surface area contributed by atoms with E-state index in [1.165, 1.54) is 37.9 Å². The molecule has 2 saturated heterocycles. The number of amides is 2. The van der Waals surface area contributed by atoms with Crippen LogP contribution in [-0.2, 0) is 4.74 Å². The van der Waals surface area contributed by atoms with E-state index in [0.29, 0.717) is 0 Å². The van der Waals surface area contributed by atoms with Gasteiger partial charge in [-0.15, -0.1) is 0 Å². The summed E-state index contributed by atoms with van der Waals surface area (Å²) >= 11 is 1.98. The molecule has 1 spiro atoms. The van der Waals surface area contributed by atoms with Crippen LogP contribution in [0.1, 0.15) is 57.8 Å². The molecule has 22 heavy (non-hydrogen) atoms. The van der Waals surface area contributed by atoms with Crippen LogP contribution in [0.5, 0.6) is 0 Å². The molecule has 3 rings (SSSR count). The molecular formula is C17H30N2O2S. The molecule has 0 bridgehead atoms. The van der Waals surface area contributed by atoms with Gasteiger partial charge >= 0.3 is 6.03 Å². The van der Waals surface area contributed by atoms with Crippen molar-refractivity contribution >= 4 is 17.8 Å². The summed E-state index contributed by atoms with van der Waals surface area (Å²) in [6.45, 7) is 1.61. The van der Waals surface area contributed by atoms with Gasteiger partial charge < -0.3 is 15.4 Å². The molecule has 0 aromatic rings. The Labute approximate surface area is 138 Å². The number of rotatable bonds is 4. The summed E-state index contributed by atoms with van der Waals surface area (Å²) in [7, 11) is 0. The molecule has 0 unspecified atom stereocenters. The number of carbonyl (C=O) groups excluding carboxylic acids is 1. The van der Waals surface area contributed by atoms with Crippen LogP contribution in [0.15, 0.2) is 0 Å². The Bertz CT molecular complexity index is 366. The van der Waals surface area contributed by atoms with Crippen molar-refractivity contribution in [2.75, 3.05) is 24.7 Å². The van der Waals surface area contributed by atoms with E-state index >= 15 is 0 Å². The zero-order valence-electron chi connectivity index (χ0n) is 13.6. The lowest BCUT2D eigenvalue weighted by Gasteiger charge is -2.38. The Morgan fingerprint density at radius 1 is 1.23 bits per heavy atom. The Hall–Kier alpha value is -0.420. The summed E-state index contributed by atoms with van der Waals surface area (Å²) < 4.78 is 6.01. The Kier molecular flexibility index (Phi) is 5.91. The first kappa shape index (κ1) is 16.4. The fraction of sp³-hybridized carbons (Fsp3) is 0.941. The highest BCUT2D eigenvalue weighted by molar-refractivity contribution is 7.99. The summed E-state index contributed by atoms with van der Waals surface area (Å²) in [4.78, 5) is 12.1. The molecule has 4 nitrogen and oxygen atoms in total. The molecule has 3 fully saturated rings. The van der Waals surface area contributed by atoms with E-state index in [1.807, 2.05) is 11.8 Å². The normalized spacial score (nSPS) is 33.0. The minimum absolute atomic E-state index is 0.0171. The summed E-state index contributed by atoms with van der Waals surface area (Å²) in [6, 6.07) is 0.297. The van der Waals surface area contributed by atoms with Gasteiger partial charge in [0.15, 0.2) is 0 Å². The Morgan fingerprint density at radius 2 is 2.09 bits per heavy atom. The second kappa shape index (κ2) is 7.91. The number of thioether (sulfide) groups is 1. The van der Waals surface area contributed by atoms with Gasteiger partial charge in [0.1, 0.15) is 0 Å². The van der Waals surface area contributed by atoms with E-state index in [0.717, 1.165) is 50.5 Å². The van der Waals surface area contributed by atoms with E-state index in [-0.39, 0.29) is 17.7 Å². The van der Waals surface area contributed by atoms with Crippen LogP contribution < -0.4 is 10.6 Å². The number of nitrogens with one attached hydrogen (secondary N) is 2. The number of hydrogen-bond acceptors (Lipinski definition) is 3. The van der Waals surface area contributed by atoms with Crippen LogP contribution in [0.4, 0.5) is 4.79 Å². The third-order valence-corrected chi connectivity index (χ3v) is 6.68. The van der Waals surface area contributed by atoms with Crippen LogP contribution in [-0.4, -0.2) is 42.3 Å². The lowest BCUT2D eigenvalue weighted by atomic mass is 9.87. The minimum atomic E-state index is 0.0171. The zero-order valence-corrected chi connectivity index (χ0v) is 14.4. The van der Waals surface area contributed by atoms with Crippen LogP contribution in [0.25, 0.3) is 0 Å². The van der Waals surface area contributed by atoms with E-state index in [4.69, 9.17) is 4.74 Å². The van der Waals surface area contributed by atoms with Crippen molar-refractivity contribution in [3.8, 4) is 0 Å². The van der Waals surface area contributed by atoms with Gasteiger partial charge in [-0.2, -0.15) is 11.8 Å². The molecule has 2 amide bonds. The third-order valence-electron chi connectivity index (χ3n) is 5.46. The Balaban J connectivity index is 1.34. The fourth-order valence-corrected chi connectivity index (χ4v) is 5.49. The van der Waals surface area contributed by atoms with Crippen molar-refractivity contribution in [2.45, 2.75) is 69.4 Å². The topological polar surface area (TPSA) is 50.4 Å². The van der Waals surface area contributed by atoms with Gasteiger partial charge in [-0.05, 0) is 37.4 Å². The fourth-order valence-electron chi connectivity index (χ4n) is 4.12. The molecule has 2 N–H and O–H groups in total. The summed E-state index contributed by atoms with van der Waals surface area (Å²) in [6.07, 6.45) is 11.1. The van der Waals surface area contributed by atoms with Crippen LogP contribution in [0, 0.1) is 5.92 Å². The second-order valence-corrected chi connectivity index (χ2v) is 8.32. The first-order chi connectivity index (χ1) is 10.8. The van der Waals surface area contributed by atoms with Crippen LogP contribution in [0.2, 0.25) is 0 Å². The number of carbonyl (C=O) groups is 1. The molecule has 1 saturated carbocycles. The van der Waals surface area contributed by atoms with Gasteiger partial charge in [0, 0.05) is 24.9 Å². The monoisotopic (exact) mass is 326 g/mol. The standard InChI is InChI=1S/C17H30N2O2S/c20-16(18-9-6-14-4-2-1-3-5-14)19-15-7-10-21-17(12-15)8-11-22-13-17/h14-15H,1-13H2,(H2,18,19,20)/t15-,17+/m0/s1. The largest absolute Gasteiger partial charge is 0.374 e. The van der Waals surface area contributed by atoms with Gasteiger partial charge in [0.2, 0.25) is 0 Å². The number of urea groups is 1. The highest BCUT2D eigenvalue weighted by atomic mass is 32.2. The van der Waals surface area contributed by atoms with Gasteiger partial charge in [0.25, 0.3) is 0 Å². The predicted octanol–water partition coefficient (Wildman–Crippen LogP) is 3.31. The zero-order chi connectivity index (χ0) is 15.3. The van der Waals surface area contributed by atoms with Crippen LogP contribution in [0.3, 0.4) is 0 Å². The molecule has 0 aromatic heterocycles. The van der Waals surface area contributed by atoms with Crippen molar-refractivity contribution in [1.29, 1.82) is 0 Å². The summed E-state index contributed by atoms with van der Waals surface area (Å²) in [5.41, 5.74) is 0.0446. The van der Waals surface area contributed by atoms with Crippen molar-refractivity contribution in [2.24, 2.45) is 5.92 Å². The van der Waals surface area contributed by atoms with Crippen LogP contribution >= 0.6 is 11.8 Å². The van der Waals surface area contributed by atoms with E-state index in [1.54, 1.807) is 0 Å². The summed E-state index contributed by atoms with van der Waals surface area (Å²) in [5, 5.41) is 6.23. The molecule has 2 aliphatic heterocycles. The molecule has 2 atom stereocenters. The first-order valence-corrected chi connectivity index (χ1v) is 10.2. The highest BCUT2D eigenvalue weighted by Crippen LogP contribution is 2.38. The van der Waals surface area contributed by atoms with Crippen molar-refractivity contribution in [1.82, 2.24) is 10.6 Å². The summed E-state index contributed by atoms with van der Waals surface area (Å²) in [5.74, 6) is 3.12. The maximum atomic E-state index is 12.1. The Morgan fingerprint density at radius 3 is 2.86 bits per heavy atom. The molecule has 5 heteroatoms. The van der Waals surface area contributed by atoms with E-state index < -0.39 is 0 Å². The molecule has 2 heterocycles. The lowest BCUT2D eigenvalue weighted by Crippen LogP contribution is -2.51. The highest BCUT2D eigenvalue weighted by Gasteiger charge is 2.40. The average molecular weight is 327 g/mol. The van der Waals surface area contributed by atoms with Gasteiger partial charge in [-0.25, -0.2) is 4.79 Å². The third kappa shape index (κ3) is 4.54. The van der Waals surface area contributed by atoms with Gasteiger partial charge in [-0.1, -0.05) is 32.1 Å². The maximum absolute atomic E-state index is 12.1. The van der Waals surface area contributed by atoms with E-state index in [2.05, 4.69) is 10.6 Å². The quantitative estimate of drug-likeness (QED) is 0.833. The lowest BCUT2D eigenvalue weighted by molar-refractivity contribution is -0.0684. The predicted molar refractivity (Wildman–Crippen MR) is 91.4 cm³/mol. The molecular weight excluding hydrogens is 296 g/mol. The molecule has 0 aromatic carbocycles. The number of hydrogen-bond donors (Lipinski definition) is 2. The number of ether oxygens (including phenoxy) is 1.